The molecule has 2 heterocycles. The Morgan fingerprint density at radius 3 is 2.81 bits per heavy atom. The fourth-order valence-corrected chi connectivity index (χ4v) is 2.70. The molecule has 1 aliphatic heterocycles. The van der Waals surface area contributed by atoms with Gasteiger partial charge in [-0.1, -0.05) is 6.92 Å². The van der Waals surface area contributed by atoms with Gasteiger partial charge in [0.15, 0.2) is 0 Å². The Morgan fingerprint density at radius 2 is 2.24 bits per heavy atom. The quantitative estimate of drug-likeness (QED) is 0.895. The molecule has 3 rings (SSSR count). The number of nitrogens with one attached hydrogen (secondary N) is 2. The van der Waals surface area contributed by atoms with Gasteiger partial charge < -0.3 is 10.6 Å². The summed E-state index contributed by atoms with van der Waals surface area (Å²) >= 11 is 0. The van der Waals surface area contributed by atoms with Gasteiger partial charge in [0.1, 0.15) is 12.7 Å². The number of carbonyl (C=O) groups is 1. The minimum Gasteiger partial charge on any atom is -0.326 e. The zero-order chi connectivity index (χ0) is 14.7. The molecule has 1 fully saturated rings. The van der Waals surface area contributed by atoms with Crippen molar-refractivity contribution in [1.29, 1.82) is 0 Å². The fourth-order valence-electron chi connectivity index (χ4n) is 2.70. The maximum Gasteiger partial charge on any atom is 0.231 e. The Bertz CT molecular complexity index is 600. The predicted octanol–water partition coefficient (Wildman–Crippen LogP) is 1.60. The summed E-state index contributed by atoms with van der Waals surface area (Å²) in [7, 11) is 0. The standard InChI is InChI=1S/C15H19N5O/c1-2-15(7-8-16-9-15)14(21)19-12-3-5-13(6-4-12)20-11-17-10-18-20/h3-6,10-11,16H,2,7-9H2,1H3,(H,19,21). The van der Waals surface area contributed by atoms with Crippen molar-refractivity contribution >= 4 is 11.6 Å². The highest BCUT2D eigenvalue weighted by Crippen LogP contribution is 2.31. The molecule has 1 aromatic heterocycles. The molecule has 21 heavy (non-hydrogen) atoms. The lowest BCUT2D eigenvalue weighted by atomic mass is 9.83. The molecular weight excluding hydrogens is 266 g/mol. The van der Waals surface area contributed by atoms with E-state index in [-0.39, 0.29) is 11.3 Å². The van der Waals surface area contributed by atoms with Gasteiger partial charge in [0, 0.05) is 12.2 Å². The highest BCUT2D eigenvalue weighted by molar-refractivity contribution is 5.95. The van der Waals surface area contributed by atoms with Crippen LogP contribution in [0, 0.1) is 5.41 Å². The average molecular weight is 285 g/mol. The van der Waals surface area contributed by atoms with Crippen molar-refractivity contribution in [2.45, 2.75) is 19.8 Å². The lowest BCUT2D eigenvalue weighted by molar-refractivity contribution is -0.124. The van der Waals surface area contributed by atoms with Crippen LogP contribution in [-0.2, 0) is 4.79 Å². The Labute approximate surface area is 123 Å². The molecule has 0 aliphatic carbocycles. The summed E-state index contributed by atoms with van der Waals surface area (Å²) in [6.45, 7) is 3.74. The zero-order valence-electron chi connectivity index (χ0n) is 12.0. The molecule has 1 unspecified atom stereocenters. The number of hydrogen-bond donors (Lipinski definition) is 2. The predicted molar refractivity (Wildman–Crippen MR) is 80.2 cm³/mol. The first-order valence-corrected chi connectivity index (χ1v) is 7.21. The zero-order valence-corrected chi connectivity index (χ0v) is 12.0. The molecule has 6 nitrogen and oxygen atoms in total. The van der Waals surface area contributed by atoms with E-state index in [2.05, 4.69) is 27.6 Å². The molecule has 1 aromatic carbocycles. The summed E-state index contributed by atoms with van der Waals surface area (Å²) < 4.78 is 1.68. The van der Waals surface area contributed by atoms with Gasteiger partial charge in [0.25, 0.3) is 0 Å². The van der Waals surface area contributed by atoms with Gasteiger partial charge in [-0.25, -0.2) is 9.67 Å². The maximum absolute atomic E-state index is 12.5. The Kier molecular flexibility index (Phi) is 3.70. The number of amides is 1. The van der Waals surface area contributed by atoms with Crippen molar-refractivity contribution in [3.8, 4) is 5.69 Å². The summed E-state index contributed by atoms with van der Waals surface area (Å²) in [4.78, 5) is 16.4. The van der Waals surface area contributed by atoms with Crippen LogP contribution in [0.25, 0.3) is 5.69 Å². The number of rotatable bonds is 4. The van der Waals surface area contributed by atoms with Crippen LogP contribution in [-0.4, -0.2) is 33.8 Å². The molecule has 110 valence electrons. The number of benzene rings is 1. The largest absolute Gasteiger partial charge is 0.326 e. The third kappa shape index (κ3) is 2.67. The van der Waals surface area contributed by atoms with Gasteiger partial charge in [-0.05, 0) is 43.7 Å². The molecular formula is C15H19N5O. The monoisotopic (exact) mass is 285 g/mol. The van der Waals surface area contributed by atoms with Crippen molar-refractivity contribution in [1.82, 2.24) is 20.1 Å². The van der Waals surface area contributed by atoms with Gasteiger partial charge in [0.05, 0.1) is 11.1 Å². The number of hydrogen-bond acceptors (Lipinski definition) is 4. The highest BCUT2D eigenvalue weighted by atomic mass is 16.2. The van der Waals surface area contributed by atoms with Crippen LogP contribution in [0.15, 0.2) is 36.9 Å². The molecule has 0 radical (unpaired) electrons. The first kappa shape index (κ1) is 13.8. The van der Waals surface area contributed by atoms with E-state index >= 15 is 0 Å². The van der Waals surface area contributed by atoms with Gasteiger partial charge in [-0.15, -0.1) is 0 Å². The van der Waals surface area contributed by atoms with E-state index in [0.717, 1.165) is 37.3 Å². The molecule has 2 N–H and O–H groups in total. The Hall–Kier alpha value is -2.21. The van der Waals surface area contributed by atoms with Gasteiger partial charge in [-0.3, -0.25) is 4.79 Å². The topological polar surface area (TPSA) is 71.8 Å². The van der Waals surface area contributed by atoms with Crippen molar-refractivity contribution in [3.05, 3.63) is 36.9 Å². The maximum atomic E-state index is 12.5. The third-order valence-electron chi connectivity index (χ3n) is 4.21. The number of carbonyl (C=O) groups excluding carboxylic acids is 1. The van der Waals surface area contributed by atoms with Crippen LogP contribution in [0.2, 0.25) is 0 Å². The number of nitrogens with zero attached hydrogens (tertiary/aromatic N) is 3. The molecule has 1 saturated heterocycles. The van der Waals surface area contributed by atoms with E-state index < -0.39 is 0 Å². The molecule has 6 heteroatoms. The van der Waals surface area contributed by atoms with E-state index in [9.17, 15) is 4.79 Å². The number of anilines is 1. The van der Waals surface area contributed by atoms with E-state index in [1.54, 1.807) is 11.0 Å². The van der Waals surface area contributed by atoms with Gasteiger partial charge in [0.2, 0.25) is 5.91 Å². The minimum absolute atomic E-state index is 0.100. The van der Waals surface area contributed by atoms with Crippen molar-refractivity contribution in [2.75, 3.05) is 18.4 Å². The van der Waals surface area contributed by atoms with Crippen molar-refractivity contribution < 1.29 is 4.79 Å². The molecule has 1 amide bonds. The van der Waals surface area contributed by atoms with Crippen LogP contribution >= 0.6 is 0 Å². The van der Waals surface area contributed by atoms with E-state index in [1.807, 2.05) is 24.3 Å². The van der Waals surface area contributed by atoms with Crippen molar-refractivity contribution in [3.63, 3.8) is 0 Å². The fraction of sp³-hybridized carbons (Fsp3) is 0.400. The van der Waals surface area contributed by atoms with Gasteiger partial charge in [-0.2, -0.15) is 5.10 Å². The second-order valence-electron chi connectivity index (χ2n) is 5.40. The summed E-state index contributed by atoms with van der Waals surface area (Å²) in [6, 6.07) is 7.60. The second kappa shape index (κ2) is 5.65. The first-order valence-electron chi connectivity index (χ1n) is 7.21. The SMILES string of the molecule is CCC1(C(=O)Nc2ccc(-n3cncn3)cc2)CCNC1. The number of aromatic nitrogens is 3. The van der Waals surface area contributed by atoms with E-state index in [0.29, 0.717) is 0 Å². The van der Waals surface area contributed by atoms with Crippen molar-refractivity contribution in [2.24, 2.45) is 5.41 Å². The van der Waals surface area contributed by atoms with Crippen LogP contribution in [0.4, 0.5) is 5.69 Å². The summed E-state index contributed by atoms with van der Waals surface area (Å²) in [5.41, 5.74) is 1.45. The lowest BCUT2D eigenvalue weighted by Gasteiger charge is -2.25. The smallest absolute Gasteiger partial charge is 0.231 e. The normalized spacial score (nSPS) is 21.4. The summed E-state index contributed by atoms with van der Waals surface area (Å²) in [5.74, 6) is 0.100. The molecule has 0 bridgehead atoms. The van der Waals surface area contributed by atoms with E-state index in [1.165, 1.54) is 6.33 Å². The molecule has 2 aromatic rings. The molecule has 1 aliphatic rings. The van der Waals surface area contributed by atoms with Crippen LogP contribution in [0.5, 0.6) is 0 Å². The third-order valence-corrected chi connectivity index (χ3v) is 4.21. The molecule has 0 spiro atoms. The molecule has 1 atom stereocenters. The Morgan fingerprint density at radius 1 is 1.43 bits per heavy atom. The Balaban J connectivity index is 1.72. The van der Waals surface area contributed by atoms with Crippen LogP contribution < -0.4 is 10.6 Å². The summed E-state index contributed by atoms with van der Waals surface area (Å²) in [5, 5.41) is 10.4. The minimum atomic E-state index is -0.273. The molecule has 0 saturated carbocycles. The highest BCUT2D eigenvalue weighted by Gasteiger charge is 2.39. The van der Waals surface area contributed by atoms with E-state index in [4.69, 9.17) is 0 Å². The first-order chi connectivity index (χ1) is 10.2. The second-order valence-corrected chi connectivity index (χ2v) is 5.40. The van der Waals surface area contributed by atoms with Gasteiger partial charge >= 0.3 is 0 Å². The lowest BCUT2D eigenvalue weighted by Crippen LogP contribution is -2.37. The van der Waals surface area contributed by atoms with Crippen LogP contribution in [0.3, 0.4) is 0 Å². The van der Waals surface area contributed by atoms with Crippen LogP contribution in [0.1, 0.15) is 19.8 Å². The average Bonchev–Trinajstić information content (AvgIpc) is 3.20. The summed E-state index contributed by atoms with van der Waals surface area (Å²) in [6.07, 6.45) is 4.88.